The highest BCUT2D eigenvalue weighted by Gasteiger charge is 2.37. The van der Waals surface area contributed by atoms with E-state index < -0.39 is 16.8 Å². The SMILES string of the molecule is CCCCc1nn(C)c2c1C(c1cccc([N+](=O)[O-])c1)C(C(=O)O)=C(C)N2. The Kier molecular flexibility index (Phi) is 4.98. The smallest absolute Gasteiger partial charge is 0.334 e. The normalized spacial score (nSPS) is 16.0. The van der Waals surface area contributed by atoms with Gasteiger partial charge in [0.1, 0.15) is 5.82 Å². The van der Waals surface area contributed by atoms with E-state index in [0.717, 1.165) is 36.3 Å². The average molecular weight is 370 g/mol. The number of carboxylic acid groups (broad SMARTS) is 1. The lowest BCUT2D eigenvalue weighted by atomic mass is 9.80. The fourth-order valence-electron chi connectivity index (χ4n) is 3.62. The number of hydrogen-bond donors (Lipinski definition) is 2. The number of aromatic nitrogens is 2. The summed E-state index contributed by atoms with van der Waals surface area (Å²) >= 11 is 0. The van der Waals surface area contributed by atoms with Crippen molar-refractivity contribution >= 4 is 17.5 Å². The second-order valence-corrected chi connectivity index (χ2v) is 6.69. The predicted octanol–water partition coefficient (Wildman–Crippen LogP) is 3.59. The number of nitro groups is 1. The van der Waals surface area contributed by atoms with Crippen molar-refractivity contribution in [2.75, 3.05) is 5.32 Å². The molecule has 1 aromatic heterocycles. The van der Waals surface area contributed by atoms with Crippen LogP contribution in [0.15, 0.2) is 35.5 Å². The Balaban J connectivity index is 2.24. The summed E-state index contributed by atoms with van der Waals surface area (Å²) in [5.41, 5.74) is 2.83. The van der Waals surface area contributed by atoms with Gasteiger partial charge >= 0.3 is 5.97 Å². The van der Waals surface area contributed by atoms with Gasteiger partial charge in [-0.25, -0.2) is 4.79 Å². The summed E-state index contributed by atoms with van der Waals surface area (Å²) in [6, 6.07) is 6.18. The molecule has 0 bridgehead atoms. The lowest BCUT2D eigenvalue weighted by Gasteiger charge is -2.27. The first kappa shape index (κ1) is 18.6. The zero-order valence-corrected chi connectivity index (χ0v) is 15.5. The zero-order valence-electron chi connectivity index (χ0n) is 15.5. The molecule has 1 aromatic carbocycles. The highest BCUT2D eigenvalue weighted by molar-refractivity contribution is 5.93. The number of unbranched alkanes of at least 4 members (excludes halogenated alkanes) is 1. The molecule has 0 aliphatic carbocycles. The van der Waals surface area contributed by atoms with E-state index in [1.165, 1.54) is 12.1 Å². The number of anilines is 1. The number of non-ortho nitro benzene ring substituents is 1. The van der Waals surface area contributed by atoms with Gasteiger partial charge in [0.25, 0.3) is 5.69 Å². The third-order valence-corrected chi connectivity index (χ3v) is 4.86. The van der Waals surface area contributed by atoms with E-state index in [-0.39, 0.29) is 11.3 Å². The minimum absolute atomic E-state index is 0.0611. The molecular formula is C19H22N4O4. The number of nitrogens with one attached hydrogen (secondary N) is 1. The van der Waals surface area contributed by atoms with E-state index in [4.69, 9.17) is 0 Å². The van der Waals surface area contributed by atoms with Crippen LogP contribution in [-0.2, 0) is 18.3 Å². The fraction of sp³-hybridized carbons (Fsp3) is 0.368. The molecule has 0 fully saturated rings. The van der Waals surface area contributed by atoms with Crippen LogP contribution in [0.4, 0.5) is 11.5 Å². The van der Waals surface area contributed by atoms with E-state index in [0.29, 0.717) is 11.3 Å². The molecular weight excluding hydrogens is 348 g/mol. The highest BCUT2D eigenvalue weighted by Crippen LogP contribution is 2.44. The maximum Gasteiger partial charge on any atom is 0.334 e. The second kappa shape index (κ2) is 7.22. The van der Waals surface area contributed by atoms with Gasteiger partial charge in [0.05, 0.1) is 16.2 Å². The first-order chi connectivity index (χ1) is 12.8. The van der Waals surface area contributed by atoms with Gasteiger partial charge in [0.15, 0.2) is 0 Å². The van der Waals surface area contributed by atoms with Crippen LogP contribution in [0.2, 0.25) is 0 Å². The van der Waals surface area contributed by atoms with Crippen LogP contribution in [0.1, 0.15) is 49.4 Å². The van der Waals surface area contributed by atoms with E-state index in [1.54, 1.807) is 23.7 Å². The van der Waals surface area contributed by atoms with Crippen molar-refractivity contribution in [3.63, 3.8) is 0 Å². The zero-order chi connectivity index (χ0) is 19.7. The summed E-state index contributed by atoms with van der Waals surface area (Å²) in [5.74, 6) is -0.924. The van der Waals surface area contributed by atoms with Gasteiger partial charge < -0.3 is 10.4 Å². The van der Waals surface area contributed by atoms with Crippen molar-refractivity contribution in [1.29, 1.82) is 0 Å². The number of fused-ring (bicyclic) bond motifs is 1. The molecule has 8 nitrogen and oxygen atoms in total. The molecule has 0 saturated heterocycles. The van der Waals surface area contributed by atoms with Gasteiger partial charge in [0.2, 0.25) is 0 Å². The van der Waals surface area contributed by atoms with E-state index in [9.17, 15) is 20.0 Å². The summed E-state index contributed by atoms with van der Waals surface area (Å²) in [6.07, 6.45) is 2.63. The Labute approximate surface area is 156 Å². The van der Waals surface area contributed by atoms with E-state index in [2.05, 4.69) is 17.3 Å². The fourth-order valence-corrected chi connectivity index (χ4v) is 3.62. The summed E-state index contributed by atoms with van der Waals surface area (Å²) in [7, 11) is 1.81. The predicted molar refractivity (Wildman–Crippen MR) is 101 cm³/mol. The molecule has 2 N–H and O–H groups in total. The third-order valence-electron chi connectivity index (χ3n) is 4.86. The van der Waals surface area contributed by atoms with Crippen LogP contribution in [0.5, 0.6) is 0 Å². The van der Waals surface area contributed by atoms with Crippen LogP contribution in [-0.4, -0.2) is 25.8 Å². The summed E-state index contributed by atoms with van der Waals surface area (Å²) in [4.78, 5) is 22.8. The van der Waals surface area contributed by atoms with Crippen molar-refractivity contribution in [2.24, 2.45) is 7.05 Å². The summed E-state index contributed by atoms with van der Waals surface area (Å²) in [5, 5.41) is 28.8. The van der Waals surface area contributed by atoms with Crippen molar-refractivity contribution < 1.29 is 14.8 Å². The van der Waals surface area contributed by atoms with Crippen LogP contribution in [0, 0.1) is 10.1 Å². The molecule has 2 aromatic rings. The molecule has 0 radical (unpaired) electrons. The first-order valence-electron chi connectivity index (χ1n) is 8.86. The Morgan fingerprint density at radius 3 is 2.81 bits per heavy atom. The monoisotopic (exact) mass is 370 g/mol. The lowest BCUT2D eigenvalue weighted by molar-refractivity contribution is -0.384. The summed E-state index contributed by atoms with van der Waals surface area (Å²) < 4.78 is 1.72. The Hall–Kier alpha value is -3.16. The van der Waals surface area contributed by atoms with Gasteiger partial charge in [-0.1, -0.05) is 25.5 Å². The number of benzene rings is 1. The number of allylic oxidation sites excluding steroid dienone is 1. The molecule has 27 heavy (non-hydrogen) atoms. The molecule has 0 amide bonds. The Morgan fingerprint density at radius 2 is 2.19 bits per heavy atom. The highest BCUT2D eigenvalue weighted by atomic mass is 16.6. The lowest BCUT2D eigenvalue weighted by Crippen LogP contribution is -2.23. The molecule has 3 rings (SSSR count). The number of nitrogens with zero attached hydrogens (tertiary/aromatic N) is 3. The van der Waals surface area contributed by atoms with Crippen molar-refractivity contribution in [1.82, 2.24) is 9.78 Å². The van der Waals surface area contributed by atoms with Crippen LogP contribution < -0.4 is 5.32 Å². The van der Waals surface area contributed by atoms with Crippen molar-refractivity contribution in [3.8, 4) is 0 Å². The molecule has 142 valence electrons. The number of aliphatic carboxylic acids is 1. The third kappa shape index (κ3) is 3.30. The largest absolute Gasteiger partial charge is 0.478 e. The first-order valence-corrected chi connectivity index (χ1v) is 8.86. The van der Waals surface area contributed by atoms with Gasteiger partial charge in [-0.3, -0.25) is 14.8 Å². The van der Waals surface area contributed by atoms with Crippen LogP contribution in [0.3, 0.4) is 0 Å². The average Bonchev–Trinajstić information content (AvgIpc) is 2.94. The number of carboxylic acids is 1. The molecule has 1 atom stereocenters. The van der Waals surface area contributed by atoms with Crippen LogP contribution >= 0.6 is 0 Å². The van der Waals surface area contributed by atoms with Gasteiger partial charge in [-0.05, 0) is 25.3 Å². The maximum absolute atomic E-state index is 12.1. The maximum atomic E-state index is 12.1. The molecule has 0 saturated carbocycles. The molecule has 1 aliphatic rings. The van der Waals surface area contributed by atoms with Crippen molar-refractivity contribution in [2.45, 2.75) is 39.0 Å². The summed E-state index contributed by atoms with van der Waals surface area (Å²) in [6.45, 7) is 3.79. The molecule has 1 aliphatic heterocycles. The van der Waals surface area contributed by atoms with Gasteiger partial charge in [0, 0.05) is 36.4 Å². The number of rotatable bonds is 6. The van der Waals surface area contributed by atoms with Crippen molar-refractivity contribution in [3.05, 3.63) is 62.5 Å². The van der Waals surface area contributed by atoms with Gasteiger partial charge in [-0.2, -0.15) is 5.10 Å². The second-order valence-electron chi connectivity index (χ2n) is 6.69. The molecule has 2 heterocycles. The molecule has 8 heteroatoms. The molecule has 1 unspecified atom stereocenters. The Bertz CT molecular complexity index is 945. The standard InChI is InChI=1S/C19H22N4O4/c1-4-5-9-14-17-16(12-7-6-8-13(10-12)23(26)27)15(19(24)25)11(2)20-18(17)22(3)21-14/h6-8,10,16,20H,4-5,9H2,1-3H3,(H,24,25). The minimum Gasteiger partial charge on any atom is -0.478 e. The Morgan fingerprint density at radius 1 is 1.44 bits per heavy atom. The number of hydrogen-bond acceptors (Lipinski definition) is 5. The quantitative estimate of drug-likeness (QED) is 0.594. The van der Waals surface area contributed by atoms with Crippen LogP contribution in [0.25, 0.3) is 0 Å². The van der Waals surface area contributed by atoms with E-state index in [1.807, 2.05) is 7.05 Å². The van der Waals surface area contributed by atoms with Gasteiger partial charge in [-0.15, -0.1) is 0 Å². The number of carbonyl (C=O) groups is 1. The topological polar surface area (TPSA) is 110 Å². The number of nitro benzene ring substituents is 1. The minimum atomic E-state index is -1.05. The molecule has 0 spiro atoms. The van der Waals surface area contributed by atoms with E-state index >= 15 is 0 Å². The number of aryl methyl sites for hydroxylation is 2.